The maximum atomic E-state index is 2.46. The second-order valence-electron chi connectivity index (χ2n) is 16.8. The molecule has 1 heteroatoms. The molecule has 0 saturated carbocycles. The van der Waals surface area contributed by atoms with Crippen LogP contribution in [-0.2, 0) is 10.8 Å². The molecule has 10 aromatic carbocycles. The van der Waals surface area contributed by atoms with Crippen LogP contribution in [0, 0.1) is 0 Å². The Kier molecular flexibility index (Phi) is 8.69. The summed E-state index contributed by atoms with van der Waals surface area (Å²) in [5, 5.41) is 0. The van der Waals surface area contributed by atoms with E-state index in [1.165, 1.54) is 77.9 Å². The van der Waals surface area contributed by atoms with Crippen molar-refractivity contribution in [2.75, 3.05) is 4.90 Å². The minimum Gasteiger partial charge on any atom is -0.310 e. The number of benzene rings is 10. The number of hydrogen-bond acceptors (Lipinski definition) is 1. The van der Waals surface area contributed by atoms with E-state index in [9.17, 15) is 0 Å². The topological polar surface area (TPSA) is 3.24 Å². The fourth-order valence-electron chi connectivity index (χ4n) is 11.1. The largest absolute Gasteiger partial charge is 0.310 e. The van der Waals surface area contributed by atoms with E-state index in [2.05, 4.69) is 266 Å². The van der Waals surface area contributed by atoms with Gasteiger partial charge in [0.2, 0.25) is 0 Å². The van der Waals surface area contributed by atoms with Gasteiger partial charge in [0.1, 0.15) is 0 Å². The van der Waals surface area contributed by atoms with E-state index >= 15 is 0 Å². The first kappa shape index (κ1) is 36.8. The molecule has 0 bridgehead atoms. The lowest BCUT2D eigenvalue weighted by atomic mass is 9.51. The summed E-state index contributed by atoms with van der Waals surface area (Å²) in [4.78, 5) is 2.43. The van der Waals surface area contributed by atoms with Crippen LogP contribution in [0.2, 0.25) is 0 Å². The van der Waals surface area contributed by atoms with E-state index in [1.54, 1.807) is 0 Å². The predicted octanol–water partition coefficient (Wildman–Crippen LogP) is 15.5. The van der Waals surface area contributed by atoms with Crippen molar-refractivity contribution in [1.82, 2.24) is 0 Å². The van der Waals surface area contributed by atoms with Crippen LogP contribution in [0.15, 0.2) is 261 Å². The number of nitrogens with zero attached hydrogens (tertiary/aromatic N) is 1. The number of hydrogen-bond donors (Lipinski definition) is 0. The summed E-state index contributed by atoms with van der Waals surface area (Å²) < 4.78 is 0. The summed E-state index contributed by atoms with van der Waals surface area (Å²) in [6.45, 7) is 0. The molecule has 0 aromatic heterocycles. The Labute approximate surface area is 369 Å². The highest BCUT2D eigenvalue weighted by Crippen LogP contribution is 2.65. The van der Waals surface area contributed by atoms with Crippen molar-refractivity contribution in [1.29, 1.82) is 0 Å². The zero-order valence-electron chi connectivity index (χ0n) is 34.8. The second-order valence-corrected chi connectivity index (χ2v) is 16.8. The third-order valence-corrected chi connectivity index (χ3v) is 13.6. The van der Waals surface area contributed by atoms with Crippen LogP contribution >= 0.6 is 0 Å². The summed E-state index contributed by atoms with van der Waals surface area (Å²) in [5.74, 6) is 0. The first-order chi connectivity index (χ1) is 31.3. The van der Waals surface area contributed by atoms with Crippen molar-refractivity contribution in [3.05, 3.63) is 305 Å². The highest BCUT2D eigenvalue weighted by Gasteiger charge is 2.57. The molecule has 296 valence electrons. The Balaban J connectivity index is 1.14. The fourth-order valence-corrected chi connectivity index (χ4v) is 11.1. The Morgan fingerprint density at radius 2 is 0.667 bits per heavy atom. The predicted molar refractivity (Wildman–Crippen MR) is 261 cm³/mol. The highest BCUT2D eigenvalue weighted by molar-refractivity contribution is 5.92. The van der Waals surface area contributed by atoms with Gasteiger partial charge in [-0.2, -0.15) is 0 Å². The molecule has 63 heavy (non-hydrogen) atoms. The third-order valence-electron chi connectivity index (χ3n) is 13.6. The molecule has 0 aliphatic heterocycles. The molecule has 2 unspecified atom stereocenters. The fraction of sp³-hybridized carbons (Fsp3) is 0.0323. The average Bonchev–Trinajstić information content (AvgIpc) is 3.68. The molecule has 0 spiro atoms. The third kappa shape index (κ3) is 5.56. The normalized spacial score (nSPS) is 16.7. The van der Waals surface area contributed by atoms with Gasteiger partial charge in [-0.3, -0.25) is 0 Å². The Bertz CT molecular complexity index is 3270. The molecule has 0 N–H and O–H groups in total. The molecule has 10 aromatic rings. The molecular weight excluding hydrogens is 759 g/mol. The lowest BCUT2D eigenvalue weighted by Gasteiger charge is -2.49. The van der Waals surface area contributed by atoms with E-state index in [1.807, 2.05) is 0 Å². The number of fused-ring (bicyclic) bond motifs is 5. The maximum Gasteiger partial charge on any atom is 0.0720 e. The quantitative estimate of drug-likeness (QED) is 0.148. The standard InChI is InChI=1S/C62H43N/c1-5-20-44(21-6-1)46-38-40-51(41-39-46)63(52-30-17-24-47(42-52)45-22-7-2-8-23-45)53-31-18-29-50(43-53)61(48-25-9-3-10-26-48)57-35-15-16-36-58(57)62(49-27-11-4-12-28-49)56-34-14-13-32-54(56)55-33-19-37-59(61)60(55)62/h1-43H. The zero-order chi connectivity index (χ0) is 41.8. The molecule has 1 nitrogen and oxygen atoms in total. The highest BCUT2D eigenvalue weighted by atomic mass is 15.1. The van der Waals surface area contributed by atoms with E-state index in [-0.39, 0.29) is 0 Å². The van der Waals surface area contributed by atoms with Crippen LogP contribution in [0.4, 0.5) is 17.1 Å². The minimum absolute atomic E-state index is 0.499. The summed E-state index contributed by atoms with van der Waals surface area (Å²) in [6.07, 6.45) is 0. The van der Waals surface area contributed by atoms with Gasteiger partial charge in [-0.1, -0.05) is 224 Å². The molecular formula is C62H43N. The number of anilines is 3. The summed E-state index contributed by atoms with van der Waals surface area (Å²) >= 11 is 0. The van der Waals surface area contributed by atoms with Crippen LogP contribution < -0.4 is 4.90 Å². The van der Waals surface area contributed by atoms with Crippen LogP contribution in [0.1, 0.15) is 44.5 Å². The van der Waals surface area contributed by atoms with Gasteiger partial charge in [-0.15, -0.1) is 0 Å². The summed E-state index contributed by atoms with van der Waals surface area (Å²) in [7, 11) is 0. The van der Waals surface area contributed by atoms with Crippen molar-refractivity contribution in [3.8, 4) is 33.4 Å². The molecule has 0 fully saturated rings. The lowest BCUT2D eigenvalue weighted by molar-refractivity contribution is 0.627. The van der Waals surface area contributed by atoms with Crippen molar-refractivity contribution < 1.29 is 0 Å². The van der Waals surface area contributed by atoms with Crippen LogP contribution in [0.3, 0.4) is 0 Å². The van der Waals surface area contributed by atoms with Gasteiger partial charge >= 0.3 is 0 Å². The Morgan fingerprint density at radius 3 is 1.33 bits per heavy atom. The van der Waals surface area contributed by atoms with Gasteiger partial charge in [0, 0.05) is 17.1 Å². The minimum atomic E-state index is -0.658. The van der Waals surface area contributed by atoms with Crippen molar-refractivity contribution in [3.63, 3.8) is 0 Å². The molecule has 0 saturated heterocycles. The molecule has 0 heterocycles. The van der Waals surface area contributed by atoms with Crippen molar-refractivity contribution in [2.45, 2.75) is 10.8 Å². The van der Waals surface area contributed by atoms with Gasteiger partial charge < -0.3 is 4.90 Å². The second kappa shape index (κ2) is 14.9. The number of rotatable bonds is 8. The lowest BCUT2D eigenvalue weighted by Crippen LogP contribution is -2.44. The maximum absolute atomic E-state index is 2.46. The smallest absolute Gasteiger partial charge is 0.0720 e. The first-order valence-electron chi connectivity index (χ1n) is 21.9. The van der Waals surface area contributed by atoms with Crippen LogP contribution in [0.5, 0.6) is 0 Å². The average molecular weight is 802 g/mol. The van der Waals surface area contributed by atoms with Gasteiger partial charge in [-0.25, -0.2) is 0 Å². The Hall–Kier alpha value is -8.00. The van der Waals surface area contributed by atoms with Crippen molar-refractivity contribution >= 4 is 17.1 Å². The molecule has 0 radical (unpaired) electrons. The zero-order valence-corrected chi connectivity index (χ0v) is 34.8. The van der Waals surface area contributed by atoms with E-state index in [0.29, 0.717) is 0 Å². The Morgan fingerprint density at radius 1 is 0.238 bits per heavy atom. The molecule has 0 amide bonds. The summed E-state index contributed by atoms with van der Waals surface area (Å²) in [6, 6.07) is 96.5. The summed E-state index contributed by atoms with van der Waals surface area (Å²) in [5.41, 5.74) is 19.9. The van der Waals surface area contributed by atoms with Gasteiger partial charge in [0.25, 0.3) is 0 Å². The van der Waals surface area contributed by atoms with Gasteiger partial charge in [0.05, 0.1) is 10.8 Å². The van der Waals surface area contributed by atoms with Crippen LogP contribution in [0.25, 0.3) is 33.4 Å². The van der Waals surface area contributed by atoms with E-state index in [0.717, 1.165) is 17.1 Å². The van der Waals surface area contributed by atoms with E-state index < -0.39 is 10.8 Å². The van der Waals surface area contributed by atoms with Gasteiger partial charge in [-0.05, 0) is 114 Å². The SMILES string of the molecule is c1ccc(-c2ccc(N(c3cccc(-c4ccccc4)c3)c3cccc(C4(c5ccccc5)c5ccccc5C5(c6ccccc6)c6ccccc6-c6cccc4c65)c3)cc2)cc1. The molecule has 2 aliphatic carbocycles. The molecule has 2 atom stereocenters. The van der Waals surface area contributed by atoms with Crippen molar-refractivity contribution in [2.24, 2.45) is 0 Å². The monoisotopic (exact) mass is 801 g/mol. The van der Waals surface area contributed by atoms with E-state index in [4.69, 9.17) is 0 Å². The van der Waals surface area contributed by atoms with Crippen LogP contribution in [-0.4, -0.2) is 0 Å². The molecule has 2 aliphatic rings. The first-order valence-corrected chi connectivity index (χ1v) is 21.9. The van der Waals surface area contributed by atoms with Gasteiger partial charge in [0.15, 0.2) is 0 Å². The molecule has 12 rings (SSSR count).